The van der Waals surface area contributed by atoms with E-state index in [0.29, 0.717) is 23.1 Å². The number of ketones is 1. The standard InChI is InChI=1S/C26H31ClN2O4Si/c1-26(2,3)22-23(27)28-24(21(30)16-33-34(5)6)29(22)15-17-11-13-18(14-12-17)19-9-7-8-10-20(19)25(31)32-4/h7-14,34H,15-16H2,1-6H3. The Hall–Kier alpha value is -2.74. The number of benzene rings is 2. The van der Waals surface area contributed by atoms with E-state index in [1.807, 2.05) is 80.9 Å². The molecule has 0 spiro atoms. The first kappa shape index (κ1) is 25.9. The number of carbonyl (C=O) groups is 2. The minimum Gasteiger partial charge on any atom is -0.465 e. The van der Waals surface area contributed by atoms with Gasteiger partial charge in [0.25, 0.3) is 0 Å². The Morgan fingerprint density at radius 3 is 2.29 bits per heavy atom. The van der Waals surface area contributed by atoms with Crippen LogP contribution in [-0.4, -0.2) is 44.1 Å². The number of ether oxygens (including phenoxy) is 1. The molecule has 3 aromatic rings. The van der Waals surface area contributed by atoms with Crippen molar-refractivity contribution in [2.75, 3.05) is 13.7 Å². The Morgan fingerprint density at radius 2 is 1.71 bits per heavy atom. The first-order chi connectivity index (χ1) is 16.0. The van der Waals surface area contributed by atoms with Gasteiger partial charge in [-0.05, 0) is 35.9 Å². The van der Waals surface area contributed by atoms with Crippen molar-refractivity contribution >= 4 is 32.4 Å². The second-order valence-electron chi connectivity index (χ2n) is 9.43. The molecule has 1 aromatic heterocycles. The van der Waals surface area contributed by atoms with Crippen molar-refractivity contribution in [1.29, 1.82) is 0 Å². The summed E-state index contributed by atoms with van der Waals surface area (Å²) in [4.78, 5) is 29.5. The molecule has 0 amide bonds. The van der Waals surface area contributed by atoms with E-state index in [4.69, 9.17) is 20.8 Å². The Morgan fingerprint density at radius 1 is 1.06 bits per heavy atom. The van der Waals surface area contributed by atoms with Gasteiger partial charge < -0.3 is 13.7 Å². The monoisotopic (exact) mass is 498 g/mol. The van der Waals surface area contributed by atoms with Crippen molar-refractivity contribution in [1.82, 2.24) is 9.55 Å². The largest absolute Gasteiger partial charge is 0.465 e. The predicted molar refractivity (Wildman–Crippen MR) is 137 cm³/mol. The molecule has 0 aliphatic heterocycles. The molecule has 6 nitrogen and oxygen atoms in total. The molecular formula is C26H31ClN2O4Si. The van der Waals surface area contributed by atoms with Crippen LogP contribution >= 0.6 is 11.6 Å². The first-order valence-corrected chi connectivity index (χ1v) is 14.4. The molecule has 3 rings (SSSR count). The van der Waals surface area contributed by atoms with E-state index in [1.54, 1.807) is 6.07 Å². The van der Waals surface area contributed by atoms with E-state index in [2.05, 4.69) is 4.98 Å². The van der Waals surface area contributed by atoms with Gasteiger partial charge >= 0.3 is 5.97 Å². The number of nitrogens with zero attached hydrogens (tertiary/aromatic N) is 2. The topological polar surface area (TPSA) is 70.4 Å². The van der Waals surface area contributed by atoms with E-state index in [1.165, 1.54) is 7.11 Å². The minimum absolute atomic E-state index is 0.00403. The average molecular weight is 499 g/mol. The van der Waals surface area contributed by atoms with Gasteiger partial charge in [-0.15, -0.1) is 0 Å². The molecule has 0 bridgehead atoms. The first-order valence-electron chi connectivity index (χ1n) is 11.2. The fourth-order valence-corrected chi connectivity index (χ4v) is 4.76. The molecule has 0 fully saturated rings. The molecule has 180 valence electrons. The number of methoxy groups -OCH3 is 1. The summed E-state index contributed by atoms with van der Waals surface area (Å²) in [5.74, 6) is -0.246. The zero-order valence-corrected chi connectivity index (χ0v) is 22.4. The van der Waals surface area contributed by atoms with Gasteiger partial charge in [0.15, 0.2) is 20.0 Å². The molecule has 0 saturated carbocycles. The normalized spacial score (nSPS) is 11.6. The van der Waals surface area contributed by atoms with Crippen molar-refractivity contribution in [3.8, 4) is 11.1 Å². The lowest BCUT2D eigenvalue weighted by molar-refractivity contribution is 0.0601. The van der Waals surface area contributed by atoms with Crippen molar-refractivity contribution in [2.24, 2.45) is 0 Å². The van der Waals surface area contributed by atoms with Gasteiger partial charge in [0.1, 0.15) is 6.61 Å². The second kappa shape index (κ2) is 10.7. The van der Waals surface area contributed by atoms with Gasteiger partial charge in [-0.1, -0.05) is 74.8 Å². The summed E-state index contributed by atoms with van der Waals surface area (Å²) in [6.07, 6.45) is 0. The molecule has 1 heterocycles. The molecule has 0 atom stereocenters. The van der Waals surface area contributed by atoms with Gasteiger partial charge in [-0.2, -0.15) is 0 Å². The zero-order valence-electron chi connectivity index (χ0n) is 20.5. The summed E-state index contributed by atoms with van der Waals surface area (Å²) in [5.41, 5.74) is 3.68. The summed E-state index contributed by atoms with van der Waals surface area (Å²) >= 11 is 6.51. The van der Waals surface area contributed by atoms with E-state index >= 15 is 0 Å². The number of hydrogen-bond acceptors (Lipinski definition) is 5. The number of Topliss-reactive ketones (excluding diaryl/α,β-unsaturated/α-hetero) is 1. The van der Waals surface area contributed by atoms with E-state index in [9.17, 15) is 9.59 Å². The van der Waals surface area contributed by atoms with E-state index < -0.39 is 9.04 Å². The quantitative estimate of drug-likeness (QED) is 0.232. The summed E-state index contributed by atoms with van der Waals surface area (Å²) in [5, 5.41) is 0.335. The molecule has 0 saturated heterocycles. The second-order valence-corrected chi connectivity index (χ2v) is 12.2. The molecule has 0 radical (unpaired) electrons. The van der Waals surface area contributed by atoms with Crippen LogP contribution in [-0.2, 0) is 21.1 Å². The Balaban J connectivity index is 1.97. The van der Waals surface area contributed by atoms with Gasteiger partial charge in [-0.25, -0.2) is 9.78 Å². The van der Waals surface area contributed by atoms with Crippen LogP contribution in [0.2, 0.25) is 18.2 Å². The van der Waals surface area contributed by atoms with Crippen LogP contribution in [0, 0.1) is 0 Å². The lowest BCUT2D eigenvalue weighted by Gasteiger charge is -2.22. The van der Waals surface area contributed by atoms with Crippen LogP contribution in [0.3, 0.4) is 0 Å². The lowest BCUT2D eigenvalue weighted by Crippen LogP contribution is -2.24. The van der Waals surface area contributed by atoms with E-state index in [-0.39, 0.29) is 23.8 Å². The van der Waals surface area contributed by atoms with Gasteiger partial charge in [-0.3, -0.25) is 4.79 Å². The summed E-state index contributed by atoms with van der Waals surface area (Å²) < 4.78 is 12.5. The third-order valence-electron chi connectivity index (χ3n) is 5.37. The molecule has 8 heteroatoms. The van der Waals surface area contributed by atoms with Crippen molar-refractivity contribution < 1.29 is 18.8 Å². The molecule has 0 aliphatic rings. The maximum Gasteiger partial charge on any atom is 0.338 e. The molecule has 0 aliphatic carbocycles. The molecule has 0 N–H and O–H groups in total. The van der Waals surface area contributed by atoms with Gasteiger partial charge in [0.2, 0.25) is 5.78 Å². The fraction of sp³-hybridized carbons (Fsp3) is 0.346. The van der Waals surface area contributed by atoms with Crippen molar-refractivity contribution in [3.05, 3.63) is 76.3 Å². The zero-order chi connectivity index (χ0) is 25.0. The third-order valence-corrected chi connectivity index (χ3v) is 6.47. The highest BCUT2D eigenvalue weighted by molar-refractivity contribution is 6.48. The smallest absolute Gasteiger partial charge is 0.338 e. The highest BCUT2D eigenvalue weighted by Gasteiger charge is 2.29. The van der Waals surface area contributed by atoms with Gasteiger partial charge in [0, 0.05) is 12.0 Å². The fourth-order valence-electron chi connectivity index (χ4n) is 3.81. The van der Waals surface area contributed by atoms with Gasteiger partial charge in [0.05, 0.1) is 18.4 Å². The highest BCUT2D eigenvalue weighted by atomic mass is 35.5. The molecule has 34 heavy (non-hydrogen) atoms. The lowest BCUT2D eigenvalue weighted by atomic mass is 9.92. The van der Waals surface area contributed by atoms with Crippen LogP contribution in [0.4, 0.5) is 0 Å². The Kier molecular flexibility index (Phi) is 8.12. The summed E-state index contributed by atoms with van der Waals surface area (Å²) in [7, 11) is 0.0265. The number of imidazole rings is 1. The number of rotatable bonds is 8. The van der Waals surface area contributed by atoms with Crippen molar-refractivity contribution in [3.63, 3.8) is 0 Å². The minimum atomic E-state index is -1.35. The van der Waals surface area contributed by atoms with Crippen molar-refractivity contribution in [2.45, 2.75) is 45.8 Å². The molecule has 0 unspecified atom stereocenters. The number of hydrogen-bond donors (Lipinski definition) is 0. The van der Waals surface area contributed by atoms with Crippen LogP contribution < -0.4 is 0 Å². The highest BCUT2D eigenvalue weighted by Crippen LogP contribution is 2.32. The third kappa shape index (κ3) is 5.84. The van der Waals surface area contributed by atoms with Crippen LogP contribution in [0.5, 0.6) is 0 Å². The number of carbonyl (C=O) groups excluding carboxylic acids is 2. The SMILES string of the molecule is COC(=O)c1ccccc1-c1ccc(Cn2c(C(=O)CO[SiH](C)C)nc(Cl)c2C(C)(C)C)cc1. The Bertz CT molecular complexity index is 1180. The molecule has 2 aromatic carbocycles. The van der Waals surface area contributed by atoms with E-state index in [0.717, 1.165) is 22.4 Å². The number of aromatic nitrogens is 2. The van der Waals surface area contributed by atoms with Crippen LogP contribution in [0.1, 0.15) is 53.0 Å². The Labute approximate surface area is 207 Å². The maximum atomic E-state index is 12.9. The van der Waals surface area contributed by atoms with Crippen LogP contribution in [0.15, 0.2) is 48.5 Å². The average Bonchev–Trinajstić information content (AvgIpc) is 3.13. The van der Waals surface area contributed by atoms with Crippen LogP contribution in [0.25, 0.3) is 11.1 Å². The number of halogens is 1. The summed E-state index contributed by atoms with van der Waals surface area (Å²) in [6.45, 7) is 10.6. The number of esters is 1. The molecular weight excluding hydrogens is 468 g/mol. The predicted octanol–water partition coefficient (Wildman–Crippen LogP) is 5.52. The summed E-state index contributed by atoms with van der Waals surface area (Å²) in [6, 6.07) is 15.2. The maximum absolute atomic E-state index is 12.9.